The summed E-state index contributed by atoms with van der Waals surface area (Å²) >= 11 is 0. The summed E-state index contributed by atoms with van der Waals surface area (Å²) < 4.78 is 5.46. The fourth-order valence-electron chi connectivity index (χ4n) is 4.21. The van der Waals surface area contributed by atoms with Crippen LogP contribution in [0.25, 0.3) is 0 Å². The van der Waals surface area contributed by atoms with E-state index in [2.05, 4.69) is 42.4 Å². The molecule has 21 heavy (non-hydrogen) atoms. The molecule has 2 aliphatic heterocycles. The molecule has 0 spiro atoms. The van der Waals surface area contributed by atoms with E-state index in [1.807, 2.05) is 6.07 Å². The molecule has 2 aliphatic rings. The van der Waals surface area contributed by atoms with Crippen molar-refractivity contribution in [3.05, 3.63) is 29.8 Å². The summed E-state index contributed by atoms with van der Waals surface area (Å²) in [4.78, 5) is 2.60. The van der Waals surface area contributed by atoms with Crippen LogP contribution in [0.1, 0.15) is 38.2 Å². The molecule has 3 heteroatoms. The van der Waals surface area contributed by atoms with Crippen molar-refractivity contribution >= 4 is 0 Å². The second kappa shape index (κ2) is 6.37. The van der Waals surface area contributed by atoms with E-state index in [-0.39, 0.29) is 0 Å². The van der Waals surface area contributed by atoms with Gasteiger partial charge in [0.15, 0.2) is 0 Å². The number of para-hydroxylation sites is 1. The van der Waals surface area contributed by atoms with Gasteiger partial charge in [0.05, 0.1) is 7.11 Å². The Morgan fingerprint density at radius 2 is 1.90 bits per heavy atom. The largest absolute Gasteiger partial charge is 0.496 e. The van der Waals surface area contributed by atoms with E-state index in [1.54, 1.807) is 7.11 Å². The van der Waals surface area contributed by atoms with Crippen molar-refractivity contribution in [2.24, 2.45) is 0 Å². The van der Waals surface area contributed by atoms with E-state index >= 15 is 0 Å². The maximum atomic E-state index is 5.46. The summed E-state index contributed by atoms with van der Waals surface area (Å²) in [6, 6.07) is 11.2. The first-order valence-electron chi connectivity index (χ1n) is 8.27. The summed E-state index contributed by atoms with van der Waals surface area (Å²) in [6.45, 7) is 2.30. The van der Waals surface area contributed by atoms with Gasteiger partial charge in [-0.15, -0.1) is 0 Å². The summed E-state index contributed by atoms with van der Waals surface area (Å²) in [7, 11) is 4.06. The number of nitrogens with one attached hydrogen (secondary N) is 1. The Morgan fingerprint density at radius 1 is 1.24 bits per heavy atom. The summed E-state index contributed by atoms with van der Waals surface area (Å²) in [5.74, 6) is 1.01. The molecule has 3 unspecified atom stereocenters. The number of hydrogen-bond acceptors (Lipinski definition) is 3. The minimum atomic E-state index is 0.495. The lowest BCUT2D eigenvalue weighted by Gasteiger charge is -2.38. The zero-order valence-electron chi connectivity index (χ0n) is 13.5. The van der Waals surface area contributed by atoms with Gasteiger partial charge in [-0.2, -0.15) is 0 Å². The lowest BCUT2D eigenvalue weighted by atomic mass is 9.96. The number of rotatable bonds is 5. The number of nitrogens with zero attached hydrogens (tertiary/aromatic N) is 1. The SMILES string of the molecule is COc1ccccc1CC(C)NC1CC2CCC(C1)N2C. The minimum absolute atomic E-state index is 0.495. The first kappa shape index (κ1) is 14.9. The zero-order chi connectivity index (χ0) is 14.8. The van der Waals surface area contributed by atoms with E-state index in [1.165, 1.54) is 31.2 Å². The van der Waals surface area contributed by atoms with Crippen molar-refractivity contribution in [2.75, 3.05) is 14.2 Å². The van der Waals surface area contributed by atoms with Crippen LogP contribution in [0.4, 0.5) is 0 Å². The Balaban J connectivity index is 1.56. The van der Waals surface area contributed by atoms with Crippen LogP contribution in [0.5, 0.6) is 5.75 Å². The molecule has 2 bridgehead atoms. The monoisotopic (exact) mass is 288 g/mol. The molecular formula is C18H28N2O. The minimum Gasteiger partial charge on any atom is -0.496 e. The van der Waals surface area contributed by atoms with Crippen LogP contribution in [-0.4, -0.2) is 43.2 Å². The van der Waals surface area contributed by atoms with Crippen LogP contribution in [-0.2, 0) is 6.42 Å². The second-order valence-electron chi connectivity index (χ2n) is 6.80. The topological polar surface area (TPSA) is 24.5 Å². The standard InChI is InChI=1S/C18H28N2O/c1-13(10-14-6-4-5-7-18(14)21-3)19-15-11-16-8-9-17(12-15)20(16)2/h4-7,13,15-17,19H,8-12H2,1-3H3. The molecule has 116 valence electrons. The quantitative estimate of drug-likeness (QED) is 0.901. The van der Waals surface area contributed by atoms with Crippen molar-refractivity contribution in [3.63, 3.8) is 0 Å². The summed E-state index contributed by atoms with van der Waals surface area (Å²) in [5.41, 5.74) is 1.30. The third kappa shape index (κ3) is 3.24. The molecule has 0 saturated carbocycles. The highest BCUT2D eigenvalue weighted by Gasteiger charge is 2.38. The molecule has 3 atom stereocenters. The van der Waals surface area contributed by atoms with E-state index in [9.17, 15) is 0 Å². The van der Waals surface area contributed by atoms with Gasteiger partial charge in [0.25, 0.3) is 0 Å². The molecule has 0 radical (unpaired) electrons. The Kier molecular flexibility index (Phi) is 4.51. The summed E-state index contributed by atoms with van der Waals surface area (Å²) in [6.07, 6.45) is 6.43. The van der Waals surface area contributed by atoms with Gasteiger partial charge in [0, 0.05) is 24.2 Å². The molecule has 0 amide bonds. The Morgan fingerprint density at radius 3 is 2.57 bits per heavy atom. The van der Waals surface area contributed by atoms with Crippen LogP contribution in [0.15, 0.2) is 24.3 Å². The van der Waals surface area contributed by atoms with Crippen molar-refractivity contribution in [3.8, 4) is 5.75 Å². The number of piperidine rings is 1. The number of benzene rings is 1. The highest BCUT2D eigenvalue weighted by Crippen LogP contribution is 2.34. The molecule has 0 aromatic heterocycles. The molecule has 0 aliphatic carbocycles. The number of fused-ring (bicyclic) bond motifs is 2. The van der Waals surface area contributed by atoms with Crippen LogP contribution in [0, 0.1) is 0 Å². The molecular weight excluding hydrogens is 260 g/mol. The van der Waals surface area contributed by atoms with Crippen LogP contribution in [0.2, 0.25) is 0 Å². The normalized spacial score (nSPS) is 30.3. The van der Waals surface area contributed by atoms with Gasteiger partial charge in [-0.25, -0.2) is 0 Å². The van der Waals surface area contributed by atoms with Crippen LogP contribution < -0.4 is 10.1 Å². The first-order valence-corrected chi connectivity index (χ1v) is 8.27. The molecule has 2 heterocycles. The van der Waals surface area contributed by atoms with Gasteiger partial charge in [-0.1, -0.05) is 18.2 Å². The maximum absolute atomic E-state index is 5.46. The molecule has 2 fully saturated rings. The van der Waals surface area contributed by atoms with Gasteiger partial charge in [0.2, 0.25) is 0 Å². The third-order valence-electron chi connectivity index (χ3n) is 5.34. The van der Waals surface area contributed by atoms with Crippen LogP contribution in [0.3, 0.4) is 0 Å². The smallest absolute Gasteiger partial charge is 0.122 e. The van der Waals surface area contributed by atoms with Crippen molar-refractivity contribution in [1.82, 2.24) is 10.2 Å². The van der Waals surface area contributed by atoms with Crippen LogP contribution >= 0.6 is 0 Å². The lowest BCUT2D eigenvalue weighted by molar-refractivity contribution is 0.144. The van der Waals surface area contributed by atoms with Gasteiger partial charge >= 0.3 is 0 Å². The van der Waals surface area contributed by atoms with Gasteiger partial charge in [-0.05, 0) is 57.7 Å². The number of ether oxygens (including phenoxy) is 1. The van der Waals surface area contributed by atoms with E-state index < -0.39 is 0 Å². The van der Waals surface area contributed by atoms with Gasteiger partial charge in [-0.3, -0.25) is 0 Å². The predicted octanol–water partition coefficient (Wildman–Crippen LogP) is 2.84. The average molecular weight is 288 g/mol. The Labute approximate surface area is 128 Å². The molecule has 2 saturated heterocycles. The maximum Gasteiger partial charge on any atom is 0.122 e. The highest BCUT2D eigenvalue weighted by atomic mass is 16.5. The zero-order valence-corrected chi connectivity index (χ0v) is 13.5. The Bertz CT molecular complexity index is 462. The van der Waals surface area contributed by atoms with E-state index in [4.69, 9.17) is 4.74 Å². The van der Waals surface area contributed by atoms with E-state index in [0.29, 0.717) is 12.1 Å². The molecule has 1 N–H and O–H groups in total. The Hall–Kier alpha value is -1.06. The second-order valence-corrected chi connectivity index (χ2v) is 6.80. The fourth-order valence-corrected chi connectivity index (χ4v) is 4.21. The van der Waals surface area contributed by atoms with Gasteiger partial charge in [0.1, 0.15) is 5.75 Å². The molecule has 3 rings (SSSR count). The van der Waals surface area contributed by atoms with Crippen molar-refractivity contribution < 1.29 is 4.74 Å². The number of methoxy groups -OCH3 is 1. The average Bonchev–Trinajstić information content (AvgIpc) is 2.70. The van der Waals surface area contributed by atoms with E-state index in [0.717, 1.165) is 24.3 Å². The predicted molar refractivity (Wildman–Crippen MR) is 86.9 cm³/mol. The molecule has 3 nitrogen and oxygen atoms in total. The van der Waals surface area contributed by atoms with Crippen molar-refractivity contribution in [2.45, 2.75) is 63.2 Å². The fraction of sp³-hybridized carbons (Fsp3) is 0.667. The molecule has 1 aromatic rings. The van der Waals surface area contributed by atoms with Gasteiger partial charge < -0.3 is 15.0 Å². The highest BCUT2D eigenvalue weighted by molar-refractivity contribution is 5.33. The first-order chi connectivity index (χ1) is 10.2. The lowest BCUT2D eigenvalue weighted by Crippen LogP contribution is -2.49. The van der Waals surface area contributed by atoms with Crippen molar-refractivity contribution in [1.29, 1.82) is 0 Å². The number of hydrogen-bond donors (Lipinski definition) is 1. The molecule has 1 aromatic carbocycles. The summed E-state index contributed by atoms with van der Waals surface area (Å²) in [5, 5.41) is 3.86. The third-order valence-corrected chi connectivity index (χ3v) is 5.34.